The average Bonchev–Trinajstić information content (AvgIpc) is 3.07. The van der Waals surface area contributed by atoms with Crippen molar-refractivity contribution in [1.82, 2.24) is 5.32 Å². The molecule has 0 bridgehead atoms. The second-order valence-electron chi connectivity index (χ2n) is 11.4. The molecular weight excluding hydrogens is 624 g/mol. The van der Waals surface area contributed by atoms with Crippen molar-refractivity contribution in [1.29, 1.82) is 0 Å². The minimum atomic E-state index is -1.08. The van der Waals surface area contributed by atoms with Gasteiger partial charge in [0.1, 0.15) is 18.2 Å². The van der Waals surface area contributed by atoms with Gasteiger partial charge in [-0.3, -0.25) is 14.5 Å². The number of carbonyl (C=O) groups is 4. The van der Waals surface area contributed by atoms with Crippen molar-refractivity contribution in [2.24, 2.45) is 5.11 Å². The summed E-state index contributed by atoms with van der Waals surface area (Å²) in [4.78, 5) is 55.9. The molecule has 0 saturated carbocycles. The van der Waals surface area contributed by atoms with E-state index in [2.05, 4.69) is 15.3 Å². The zero-order chi connectivity index (χ0) is 35.2. The molecule has 0 fully saturated rings. The molecule has 1 atom stereocenters. The van der Waals surface area contributed by atoms with Crippen molar-refractivity contribution in [2.75, 3.05) is 69.6 Å². The average molecular weight is 671 g/mol. The van der Waals surface area contributed by atoms with Crippen molar-refractivity contribution < 1.29 is 42.9 Å². The van der Waals surface area contributed by atoms with E-state index in [1.54, 1.807) is 52.1 Å². The Kier molecular flexibility index (Phi) is 18.1. The number of azide groups is 1. The van der Waals surface area contributed by atoms with E-state index in [-0.39, 0.29) is 45.1 Å². The summed E-state index contributed by atoms with van der Waals surface area (Å²) in [5.41, 5.74) is 9.12. The molecule has 2 aromatic carbocycles. The fourth-order valence-electron chi connectivity index (χ4n) is 4.14. The van der Waals surface area contributed by atoms with E-state index in [9.17, 15) is 19.2 Å². The highest BCUT2D eigenvalue weighted by atomic mass is 16.6. The fraction of sp³-hybridized carbons (Fsp3) is 0.515. The lowest BCUT2D eigenvalue weighted by atomic mass is 10.1. The SMILES string of the molecule is CN(C(=O)OCc1ccccc1)c1ccc(N(C=O)[C@@H](CCC(=O)NCCOCCOCCOCCN=[N+]=[N-])C(=O)OC(C)(C)C)cc1. The van der Waals surface area contributed by atoms with Crippen molar-refractivity contribution in [2.45, 2.75) is 51.9 Å². The molecule has 0 heterocycles. The number of benzene rings is 2. The highest BCUT2D eigenvalue weighted by Crippen LogP contribution is 2.24. The molecule has 0 spiro atoms. The number of hydrogen-bond acceptors (Lipinski definition) is 10. The minimum absolute atomic E-state index is 0.00653. The number of ether oxygens (including phenoxy) is 5. The summed E-state index contributed by atoms with van der Waals surface area (Å²) in [6.45, 7) is 7.80. The van der Waals surface area contributed by atoms with Gasteiger partial charge in [0.05, 0.1) is 39.6 Å². The van der Waals surface area contributed by atoms with Crippen molar-refractivity contribution in [3.8, 4) is 0 Å². The first-order chi connectivity index (χ1) is 23.1. The molecule has 15 nitrogen and oxygen atoms in total. The van der Waals surface area contributed by atoms with Gasteiger partial charge in [0.15, 0.2) is 0 Å². The summed E-state index contributed by atoms with van der Waals surface area (Å²) in [6, 6.07) is 14.7. The molecule has 0 aliphatic carbocycles. The summed E-state index contributed by atoms with van der Waals surface area (Å²) in [7, 11) is 1.57. The van der Waals surface area contributed by atoms with Gasteiger partial charge in [0.2, 0.25) is 12.3 Å². The third-order valence-corrected chi connectivity index (χ3v) is 6.50. The first-order valence-corrected chi connectivity index (χ1v) is 15.6. The van der Waals surface area contributed by atoms with Gasteiger partial charge in [-0.1, -0.05) is 35.4 Å². The Morgan fingerprint density at radius 3 is 2.12 bits per heavy atom. The van der Waals surface area contributed by atoms with E-state index < -0.39 is 23.7 Å². The highest BCUT2D eigenvalue weighted by Gasteiger charge is 2.31. The Bertz CT molecular complexity index is 1320. The lowest BCUT2D eigenvalue weighted by Gasteiger charge is -2.30. The third kappa shape index (κ3) is 15.7. The van der Waals surface area contributed by atoms with Gasteiger partial charge in [-0.05, 0) is 62.6 Å². The van der Waals surface area contributed by atoms with Crippen LogP contribution in [0.1, 0.15) is 39.2 Å². The molecule has 15 heteroatoms. The van der Waals surface area contributed by atoms with Crippen molar-refractivity contribution >= 4 is 35.8 Å². The first-order valence-electron chi connectivity index (χ1n) is 15.6. The first kappa shape index (κ1) is 39.5. The third-order valence-electron chi connectivity index (χ3n) is 6.50. The minimum Gasteiger partial charge on any atom is -0.458 e. The molecule has 262 valence electrons. The number of amides is 3. The standard InChI is InChI=1S/C33H46N6O9/c1-33(2,3)48-31(42)29(14-15-30(41)35-16-18-44-20-22-46-23-21-45-19-17-36-37-34)39(25-40)28-12-10-27(11-13-28)38(4)32(43)47-24-26-8-6-5-7-9-26/h5-13,25,29H,14-24H2,1-4H3,(H,35,41)/t29-/m0/s1. The summed E-state index contributed by atoms with van der Waals surface area (Å²) < 4.78 is 27.0. The normalized spacial score (nSPS) is 11.5. The Morgan fingerprint density at radius 2 is 1.52 bits per heavy atom. The topological polar surface area (TPSA) is 182 Å². The van der Waals surface area contributed by atoms with Gasteiger partial charge in [-0.25, -0.2) is 9.59 Å². The van der Waals surface area contributed by atoms with E-state index in [0.717, 1.165) is 5.56 Å². The van der Waals surface area contributed by atoms with E-state index in [0.29, 0.717) is 50.8 Å². The molecule has 2 aromatic rings. The molecule has 3 amide bonds. The Balaban J connectivity index is 1.87. The number of carbonyl (C=O) groups excluding carboxylic acids is 4. The number of nitrogens with one attached hydrogen (secondary N) is 1. The lowest BCUT2D eigenvalue weighted by molar-refractivity contribution is -0.157. The molecule has 0 saturated heterocycles. The van der Waals surface area contributed by atoms with Crippen LogP contribution in [0, 0.1) is 0 Å². The van der Waals surface area contributed by atoms with Crippen LogP contribution in [0.3, 0.4) is 0 Å². The van der Waals surface area contributed by atoms with Crippen LogP contribution in [0.15, 0.2) is 59.7 Å². The van der Waals surface area contributed by atoms with Gasteiger partial charge >= 0.3 is 12.1 Å². The van der Waals surface area contributed by atoms with E-state index in [4.69, 9.17) is 29.2 Å². The molecule has 0 unspecified atom stereocenters. The van der Waals surface area contributed by atoms with Crippen LogP contribution < -0.4 is 15.1 Å². The monoisotopic (exact) mass is 670 g/mol. The van der Waals surface area contributed by atoms with Crippen LogP contribution in [0.5, 0.6) is 0 Å². The van der Waals surface area contributed by atoms with Crippen molar-refractivity contribution in [3.05, 3.63) is 70.6 Å². The molecule has 2 rings (SSSR count). The Labute approximate surface area is 281 Å². The van der Waals surface area contributed by atoms with E-state index in [1.165, 1.54) is 9.80 Å². The van der Waals surface area contributed by atoms with Gasteiger partial charge in [-0.2, -0.15) is 0 Å². The predicted octanol–water partition coefficient (Wildman–Crippen LogP) is 4.39. The van der Waals surface area contributed by atoms with Crippen molar-refractivity contribution in [3.63, 3.8) is 0 Å². The van der Waals surface area contributed by atoms with Gasteiger partial charge in [0, 0.05) is 42.8 Å². The largest absolute Gasteiger partial charge is 0.458 e. The molecular formula is C33H46N6O9. The predicted molar refractivity (Wildman–Crippen MR) is 178 cm³/mol. The van der Waals surface area contributed by atoms with Crippen LogP contribution in [-0.2, 0) is 44.7 Å². The van der Waals surface area contributed by atoms with E-state index >= 15 is 0 Å². The molecule has 0 aliphatic rings. The van der Waals surface area contributed by atoms with Crippen LogP contribution in [0.25, 0.3) is 10.4 Å². The molecule has 0 radical (unpaired) electrons. The lowest BCUT2D eigenvalue weighted by Crippen LogP contribution is -2.45. The smallest absolute Gasteiger partial charge is 0.414 e. The number of nitrogens with zero attached hydrogens (tertiary/aromatic N) is 5. The summed E-state index contributed by atoms with van der Waals surface area (Å²) in [6.07, 6.45) is -0.0837. The second-order valence-corrected chi connectivity index (χ2v) is 11.4. The van der Waals surface area contributed by atoms with E-state index in [1.807, 2.05) is 30.3 Å². The van der Waals surface area contributed by atoms with Crippen LogP contribution in [0.4, 0.5) is 16.2 Å². The zero-order valence-corrected chi connectivity index (χ0v) is 28.0. The maximum atomic E-state index is 13.2. The number of esters is 1. The fourth-order valence-corrected chi connectivity index (χ4v) is 4.14. The molecule has 0 aromatic heterocycles. The van der Waals surface area contributed by atoms with Gasteiger partial charge in [0.25, 0.3) is 0 Å². The summed E-state index contributed by atoms with van der Waals surface area (Å²) >= 11 is 0. The van der Waals surface area contributed by atoms with Crippen LogP contribution in [0.2, 0.25) is 0 Å². The van der Waals surface area contributed by atoms with Crippen LogP contribution in [-0.4, -0.2) is 95.8 Å². The number of hydrogen-bond donors (Lipinski definition) is 1. The van der Waals surface area contributed by atoms with Gasteiger partial charge in [-0.15, -0.1) is 0 Å². The molecule has 1 N–H and O–H groups in total. The molecule has 48 heavy (non-hydrogen) atoms. The quantitative estimate of drug-likeness (QED) is 0.0474. The maximum absolute atomic E-state index is 13.2. The second kappa shape index (κ2) is 22.0. The Hall–Kier alpha value is -4.69. The summed E-state index contributed by atoms with van der Waals surface area (Å²) in [5.74, 6) is -0.976. The highest BCUT2D eigenvalue weighted by molar-refractivity contribution is 5.91. The van der Waals surface area contributed by atoms with Crippen LogP contribution >= 0.6 is 0 Å². The Morgan fingerprint density at radius 1 is 0.917 bits per heavy atom. The number of anilines is 2. The molecule has 0 aliphatic heterocycles. The number of rotatable bonds is 22. The maximum Gasteiger partial charge on any atom is 0.414 e. The summed E-state index contributed by atoms with van der Waals surface area (Å²) in [5, 5.41) is 6.10. The zero-order valence-electron chi connectivity index (χ0n) is 28.0. The van der Waals surface area contributed by atoms with Gasteiger partial charge < -0.3 is 33.9 Å².